The lowest BCUT2D eigenvalue weighted by atomic mass is 10.2. The van der Waals surface area contributed by atoms with Crippen LogP contribution in [0.3, 0.4) is 0 Å². The molecule has 0 radical (unpaired) electrons. The van der Waals surface area contributed by atoms with Crippen molar-refractivity contribution in [2.45, 2.75) is 19.9 Å². The van der Waals surface area contributed by atoms with Crippen LogP contribution in [0.2, 0.25) is 0 Å². The van der Waals surface area contributed by atoms with Crippen molar-refractivity contribution in [1.29, 1.82) is 0 Å². The molecule has 0 unspecified atom stereocenters. The summed E-state index contributed by atoms with van der Waals surface area (Å²) in [6.45, 7) is 9.79. The van der Waals surface area contributed by atoms with Crippen molar-refractivity contribution in [3.63, 3.8) is 0 Å². The van der Waals surface area contributed by atoms with Gasteiger partial charge < -0.3 is 20.4 Å². The second-order valence-corrected chi connectivity index (χ2v) is 6.84. The van der Waals surface area contributed by atoms with Crippen molar-refractivity contribution >= 4 is 18.0 Å². The average molecular weight is 366 g/mol. The van der Waals surface area contributed by atoms with Gasteiger partial charge in [0.1, 0.15) is 23.2 Å². The fourth-order valence-corrected chi connectivity index (χ4v) is 3.14. The van der Waals surface area contributed by atoms with Gasteiger partial charge in [-0.1, -0.05) is 36.9 Å². The van der Waals surface area contributed by atoms with Gasteiger partial charge in [0.15, 0.2) is 0 Å². The van der Waals surface area contributed by atoms with Gasteiger partial charge in [-0.2, -0.15) is 0 Å². The molecule has 0 saturated carbocycles. The SMILES string of the molecule is C=C(/N=C\C1=C(N)N(C(C)C)CC(=O)N1C)N1CCN=C1c1ccccc1. The Morgan fingerprint density at radius 1 is 1.33 bits per heavy atom. The molecule has 0 bridgehead atoms. The highest BCUT2D eigenvalue weighted by Gasteiger charge is 2.28. The van der Waals surface area contributed by atoms with E-state index in [-0.39, 0.29) is 18.5 Å². The maximum absolute atomic E-state index is 12.3. The number of carbonyl (C=O) groups excluding carboxylic acids is 1. The van der Waals surface area contributed by atoms with Gasteiger partial charge in [-0.25, -0.2) is 4.99 Å². The van der Waals surface area contributed by atoms with Gasteiger partial charge in [-0.05, 0) is 13.8 Å². The Bertz CT molecular complexity index is 824. The third-order valence-corrected chi connectivity index (χ3v) is 4.76. The molecular formula is C20H26N6O. The fourth-order valence-electron chi connectivity index (χ4n) is 3.14. The van der Waals surface area contributed by atoms with E-state index in [1.807, 2.05) is 54.0 Å². The molecule has 1 amide bonds. The molecule has 2 N–H and O–H groups in total. The van der Waals surface area contributed by atoms with Gasteiger partial charge in [-0.15, -0.1) is 0 Å². The number of carbonyl (C=O) groups is 1. The molecule has 27 heavy (non-hydrogen) atoms. The number of aliphatic imine (C=N–C) groups is 2. The Hall–Kier alpha value is -3.09. The van der Waals surface area contributed by atoms with E-state index < -0.39 is 0 Å². The number of amidine groups is 1. The molecule has 1 aromatic carbocycles. The summed E-state index contributed by atoms with van der Waals surface area (Å²) in [5.41, 5.74) is 7.90. The lowest BCUT2D eigenvalue weighted by Gasteiger charge is -2.37. The molecule has 2 aliphatic heterocycles. The number of nitrogens with zero attached hydrogens (tertiary/aromatic N) is 5. The van der Waals surface area contributed by atoms with Crippen LogP contribution in [-0.4, -0.2) is 65.4 Å². The van der Waals surface area contributed by atoms with Crippen LogP contribution in [0.1, 0.15) is 19.4 Å². The lowest BCUT2D eigenvalue weighted by Crippen LogP contribution is -2.49. The van der Waals surface area contributed by atoms with Gasteiger partial charge in [-0.3, -0.25) is 9.79 Å². The first-order chi connectivity index (χ1) is 12.9. The van der Waals surface area contributed by atoms with E-state index >= 15 is 0 Å². The first-order valence-corrected chi connectivity index (χ1v) is 9.03. The molecular weight excluding hydrogens is 340 g/mol. The highest BCUT2D eigenvalue weighted by molar-refractivity contribution is 6.01. The van der Waals surface area contributed by atoms with E-state index in [9.17, 15) is 4.79 Å². The maximum atomic E-state index is 12.3. The minimum Gasteiger partial charge on any atom is -0.384 e. The molecule has 1 aromatic rings. The third kappa shape index (κ3) is 3.72. The molecule has 3 rings (SSSR count). The van der Waals surface area contributed by atoms with Crippen molar-refractivity contribution in [2.24, 2.45) is 15.7 Å². The summed E-state index contributed by atoms with van der Waals surface area (Å²) >= 11 is 0. The molecule has 142 valence electrons. The summed E-state index contributed by atoms with van der Waals surface area (Å²) in [4.78, 5) is 26.8. The number of nitrogens with two attached hydrogens (primary N) is 1. The van der Waals surface area contributed by atoms with Gasteiger partial charge in [0.05, 0.1) is 19.3 Å². The third-order valence-electron chi connectivity index (χ3n) is 4.76. The molecule has 0 atom stereocenters. The minimum atomic E-state index is -0.0160. The van der Waals surface area contributed by atoms with Crippen LogP contribution in [0.15, 0.2) is 64.2 Å². The monoisotopic (exact) mass is 366 g/mol. The Labute approximate surface area is 160 Å². The predicted molar refractivity (Wildman–Crippen MR) is 108 cm³/mol. The zero-order chi connectivity index (χ0) is 19.6. The summed E-state index contributed by atoms with van der Waals surface area (Å²) in [5.74, 6) is 1.95. The van der Waals surface area contributed by atoms with Crippen molar-refractivity contribution in [1.82, 2.24) is 14.7 Å². The first-order valence-electron chi connectivity index (χ1n) is 9.03. The number of rotatable bonds is 5. The quantitative estimate of drug-likeness (QED) is 0.803. The number of benzene rings is 1. The smallest absolute Gasteiger partial charge is 0.246 e. The number of likely N-dealkylation sites (N-methyl/N-ethyl adjacent to an activating group) is 1. The maximum Gasteiger partial charge on any atom is 0.246 e. The molecule has 2 heterocycles. The number of allylic oxidation sites excluding steroid dienone is 1. The standard InChI is InChI=1S/C20H26N6O/c1-14(2)26-13-18(27)24(4)17(19(26)21)12-23-15(3)25-11-10-22-20(25)16-8-6-5-7-9-16/h5-9,12,14H,3,10-11,13,21H2,1-2,4H3/b23-12-. The van der Waals surface area contributed by atoms with Crippen molar-refractivity contribution in [2.75, 3.05) is 26.7 Å². The second-order valence-electron chi connectivity index (χ2n) is 6.84. The Morgan fingerprint density at radius 2 is 2.04 bits per heavy atom. The van der Waals surface area contributed by atoms with Gasteiger partial charge in [0.25, 0.3) is 0 Å². The lowest BCUT2D eigenvalue weighted by molar-refractivity contribution is -0.130. The van der Waals surface area contributed by atoms with E-state index in [2.05, 4.69) is 16.6 Å². The minimum absolute atomic E-state index is 0.0160. The molecule has 2 aliphatic rings. The molecule has 7 heteroatoms. The molecule has 7 nitrogen and oxygen atoms in total. The van der Waals surface area contributed by atoms with Gasteiger partial charge in [0, 0.05) is 25.2 Å². The highest BCUT2D eigenvalue weighted by atomic mass is 16.2. The summed E-state index contributed by atoms with van der Waals surface area (Å²) in [7, 11) is 1.71. The number of hydrogen-bond acceptors (Lipinski definition) is 6. The van der Waals surface area contributed by atoms with Crippen molar-refractivity contribution in [3.8, 4) is 0 Å². The Morgan fingerprint density at radius 3 is 2.70 bits per heavy atom. The van der Waals surface area contributed by atoms with E-state index in [1.54, 1.807) is 18.2 Å². The predicted octanol–water partition coefficient (Wildman–Crippen LogP) is 1.60. The van der Waals surface area contributed by atoms with Crippen LogP contribution in [-0.2, 0) is 4.79 Å². The molecule has 0 fully saturated rings. The summed E-state index contributed by atoms with van der Waals surface area (Å²) in [5, 5.41) is 0. The summed E-state index contributed by atoms with van der Waals surface area (Å²) in [6, 6.07) is 10.1. The normalized spacial score (nSPS) is 18.1. The number of amides is 1. The fraction of sp³-hybridized carbons (Fsp3) is 0.350. The largest absolute Gasteiger partial charge is 0.384 e. The van der Waals surface area contributed by atoms with Crippen LogP contribution in [0, 0.1) is 0 Å². The molecule has 0 spiro atoms. The molecule has 0 saturated heterocycles. The first kappa shape index (κ1) is 18.7. The molecule has 0 aliphatic carbocycles. The Balaban J connectivity index is 1.82. The van der Waals surface area contributed by atoms with Crippen LogP contribution in [0.4, 0.5) is 0 Å². The summed E-state index contributed by atoms with van der Waals surface area (Å²) in [6.07, 6.45) is 1.62. The zero-order valence-electron chi connectivity index (χ0n) is 16.1. The van der Waals surface area contributed by atoms with Crippen LogP contribution < -0.4 is 5.73 Å². The second kappa shape index (κ2) is 7.65. The average Bonchev–Trinajstić information content (AvgIpc) is 3.15. The van der Waals surface area contributed by atoms with E-state index in [4.69, 9.17) is 5.73 Å². The van der Waals surface area contributed by atoms with Crippen LogP contribution in [0.25, 0.3) is 0 Å². The topological polar surface area (TPSA) is 77.5 Å². The van der Waals surface area contributed by atoms with Crippen LogP contribution >= 0.6 is 0 Å². The molecule has 0 aromatic heterocycles. The van der Waals surface area contributed by atoms with Crippen molar-refractivity contribution < 1.29 is 4.79 Å². The van der Waals surface area contributed by atoms with Crippen molar-refractivity contribution in [3.05, 3.63) is 59.8 Å². The number of hydrogen-bond donors (Lipinski definition) is 1. The van der Waals surface area contributed by atoms with E-state index in [1.165, 1.54) is 0 Å². The van der Waals surface area contributed by atoms with E-state index in [0.29, 0.717) is 23.9 Å². The highest BCUT2D eigenvalue weighted by Crippen LogP contribution is 2.20. The summed E-state index contributed by atoms with van der Waals surface area (Å²) < 4.78 is 0. The zero-order valence-corrected chi connectivity index (χ0v) is 16.1. The van der Waals surface area contributed by atoms with E-state index in [0.717, 1.165) is 17.9 Å². The Kier molecular flexibility index (Phi) is 5.30. The van der Waals surface area contributed by atoms with Gasteiger partial charge in [0.2, 0.25) is 5.91 Å². The van der Waals surface area contributed by atoms with Gasteiger partial charge >= 0.3 is 0 Å². The van der Waals surface area contributed by atoms with Crippen LogP contribution in [0.5, 0.6) is 0 Å².